The topological polar surface area (TPSA) is 75.4 Å². The first kappa shape index (κ1) is 20.4. The second kappa shape index (κ2) is 9.72. The summed E-state index contributed by atoms with van der Waals surface area (Å²) in [7, 11) is 0. The number of amides is 2. The molecule has 1 fully saturated rings. The maximum atomic E-state index is 12.4. The third-order valence-corrected chi connectivity index (χ3v) is 5.96. The minimum Gasteiger partial charge on any atom is -0.347 e. The van der Waals surface area contributed by atoms with Crippen molar-refractivity contribution < 1.29 is 9.59 Å². The molecule has 0 saturated carbocycles. The van der Waals surface area contributed by atoms with Gasteiger partial charge in [-0.15, -0.1) is 0 Å². The fourth-order valence-corrected chi connectivity index (χ4v) is 3.74. The number of carbonyl (C=O) groups is 2. The number of carbonyl (C=O) groups excluding carboxylic acids is 2. The Labute approximate surface area is 157 Å². The van der Waals surface area contributed by atoms with Crippen molar-refractivity contribution >= 4 is 11.8 Å². The van der Waals surface area contributed by atoms with Crippen molar-refractivity contribution in [2.75, 3.05) is 26.2 Å². The summed E-state index contributed by atoms with van der Waals surface area (Å²) in [5.41, 5.74) is 6.61. The molecule has 5 nitrogen and oxygen atoms in total. The first-order valence-electron chi connectivity index (χ1n) is 9.84. The highest BCUT2D eigenvalue weighted by molar-refractivity contribution is 5.88. The smallest absolute Gasteiger partial charge is 0.241 e. The van der Waals surface area contributed by atoms with E-state index in [2.05, 4.69) is 29.6 Å². The SMILES string of the molecule is CCC(CC)(CN)C(=O)NCC(=O)N1CCC(Cc2ccccc2)CC1. The van der Waals surface area contributed by atoms with E-state index in [9.17, 15) is 9.59 Å². The molecule has 0 aliphatic carbocycles. The fraction of sp³-hybridized carbons (Fsp3) is 0.619. The molecule has 1 heterocycles. The van der Waals surface area contributed by atoms with Crippen molar-refractivity contribution in [1.82, 2.24) is 10.2 Å². The zero-order valence-corrected chi connectivity index (χ0v) is 16.2. The van der Waals surface area contributed by atoms with Gasteiger partial charge in [0, 0.05) is 19.6 Å². The number of hydrogen-bond acceptors (Lipinski definition) is 3. The summed E-state index contributed by atoms with van der Waals surface area (Å²) in [6, 6.07) is 10.5. The molecule has 0 aromatic heterocycles. The third kappa shape index (κ3) is 5.07. The summed E-state index contributed by atoms with van der Waals surface area (Å²) in [5, 5.41) is 2.81. The Bertz CT molecular complexity index is 568. The number of nitrogens with one attached hydrogen (secondary N) is 1. The van der Waals surface area contributed by atoms with Crippen LogP contribution in [0, 0.1) is 11.3 Å². The van der Waals surface area contributed by atoms with Crippen LogP contribution >= 0.6 is 0 Å². The molecule has 0 atom stereocenters. The largest absolute Gasteiger partial charge is 0.347 e. The van der Waals surface area contributed by atoms with Gasteiger partial charge in [-0.3, -0.25) is 9.59 Å². The van der Waals surface area contributed by atoms with E-state index in [0.29, 0.717) is 25.3 Å². The Morgan fingerprint density at radius 2 is 1.77 bits per heavy atom. The van der Waals surface area contributed by atoms with E-state index in [4.69, 9.17) is 5.73 Å². The van der Waals surface area contributed by atoms with Gasteiger partial charge in [0.25, 0.3) is 0 Å². The van der Waals surface area contributed by atoms with Crippen molar-refractivity contribution in [3.63, 3.8) is 0 Å². The van der Waals surface area contributed by atoms with Crippen LogP contribution in [0.4, 0.5) is 0 Å². The van der Waals surface area contributed by atoms with Crippen molar-refractivity contribution in [2.45, 2.75) is 46.0 Å². The van der Waals surface area contributed by atoms with E-state index >= 15 is 0 Å². The molecule has 0 bridgehead atoms. The van der Waals surface area contributed by atoms with Crippen LogP contribution in [0.3, 0.4) is 0 Å². The number of likely N-dealkylation sites (tertiary alicyclic amines) is 1. The van der Waals surface area contributed by atoms with E-state index in [1.807, 2.05) is 24.8 Å². The lowest BCUT2D eigenvalue weighted by molar-refractivity contribution is -0.137. The minimum atomic E-state index is -0.553. The molecule has 1 aliphatic rings. The zero-order chi connectivity index (χ0) is 19.0. The molecule has 26 heavy (non-hydrogen) atoms. The molecule has 0 radical (unpaired) electrons. The predicted octanol–water partition coefficient (Wildman–Crippen LogP) is 2.35. The van der Waals surface area contributed by atoms with Crippen LogP contribution in [0.25, 0.3) is 0 Å². The highest BCUT2D eigenvalue weighted by Gasteiger charge is 2.33. The summed E-state index contributed by atoms with van der Waals surface area (Å²) in [6.07, 6.45) is 4.48. The van der Waals surface area contributed by atoms with Gasteiger partial charge in [-0.05, 0) is 43.6 Å². The molecule has 1 aliphatic heterocycles. The first-order chi connectivity index (χ1) is 12.5. The Morgan fingerprint density at radius 3 is 2.31 bits per heavy atom. The molecular weight excluding hydrogens is 326 g/mol. The van der Waals surface area contributed by atoms with E-state index in [1.54, 1.807) is 0 Å². The van der Waals surface area contributed by atoms with Crippen molar-refractivity contribution in [1.29, 1.82) is 0 Å². The average molecular weight is 360 g/mol. The molecule has 1 saturated heterocycles. The molecule has 144 valence electrons. The van der Waals surface area contributed by atoms with Crippen LogP contribution in [0.5, 0.6) is 0 Å². The van der Waals surface area contributed by atoms with E-state index in [1.165, 1.54) is 5.56 Å². The summed E-state index contributed by atoms with van der Waals surface area (Å²) in [6.45, 7) is 5.87. The van der Waals surface area contributed by atoms with Crippen LogP contribution in [0.15, 0.2) is 30.3 Å². The van der Waals surface area contributed by atoms with Crippen LogP contribution in [-0.4, -0.2) is 42.9 Å². The van der Waals surface area contributed by atoms with Gasteiger partial charge in [0.1, 0.15) is 0 Å². The lowest BCUT2D eigenvalue weighted by Crippen LogP contribution is -2.49. The monoisotopic (exact) mass is 359 g/mol. The van der Waals surface area contributed by atoms with Gasteiger partial charge >= 0.3 is 0 Å². The summed E-state index contributed by atoms with van der Waals surface area (Å²) >= 11 is 0. The molecule has 1 aromatic carbocycles. The van der Waals surface area contributed by atoms with Gasteiger partial charge in [-0.25, -0.2) is 0 Å². The Balaban J connectivity index is 1.77. The third-order valence-electron chi connectivity index (χ3n) is 5.96. The number of nitrogens with two attached hydrogens (primary N) is 1. The van der Waals surface area contributed by atoms with Gasteiger partial charge < -0.3 is 16.0 Å². The molecule has 1 aromatic rings. The van der Waals surface area contributed by atoms with Gasteiger partial charge in [-0.2, -0.15) is 0 Å². The molecular formula is C21H33N3O2. The summed E-state index contributed by atoms with van der Waals surface area (Å²) < 4.78 is 0. The lowest BCUT2D eigenvalue weighted by atomic mass is 9.81. The van der Waals surface area contributed by atoms with Gasteiger partial charge in [0.15, 0.2) is 0 Å². The van der Waals surface area contributed by atoms with Crippen LogP contribution in [0.1, 0.15) is 45.1 Å². The molecule has 2 rings (SSSR count). The van der Waals surface area contributed by atoms with E-state index in [-0.39, 0.29) is 18.4 Å². The highest BCUT2D eigenvalue weighted by Crippen LogP contribution is 2.25. The van der Waals surface area contributed by atoms with E-state index in [0.717, 1.165) is 32.4 Å². The molecule has 3 N–H and O–H groups in total. The zero-order valence-electron chi connectivity index (χ0n) is 16.2. The first-order valence-corrected chi connectivity index (χ1v) is 9.84. The highest BCUT2D eigenvalue weighted by atomic mass is 16.2. The van der Waals surface area contributed by atoms with Crippen LogP contribution in [0.2, 0.25) is 0 Å². The molecule has 0 unspecified atom stereocenters. The Kier molecular flexibility index (Phi) is 7.64. The Morgan fingerprint density at radius 1 is 1.15 bits per heavy atom. The van der Waals surface area contributed by atoms with Crippen LogP contribution in [-0.2, 0) is 16.0 Å². The molecule has 0 spiro atoms. The second-order valence-electron chi connectivity index (χ2n) is 7.39. The molecule has 5 heteroatoms. The van der Waals surface area contributed by atoms with Gasteiger partial charge in [-0.1, -0.05) is 44.2 Å². The summed E-state index contributed by atoms with van der Waals surface area (Å²) in [4.78, 5) is 26.8. The van der Waals surface area contributed by atoms with Gasteiger partial charge in [0.05, 0.1) is 12.0 Å². The normalized spacial score (nSPS) is 15.7. The van der Waals surface area contributed by atoms with Crippen LogP contribution < -0.4 is 11.1 Å². The standard InChI is InChI=1S/C21H33N3O2/c1-3-21(4-2,16-22)20(26)23-15-19(25)24-12-10-18(11-13-24)14-17-8-6-5-7-9-17/h5-9,18H,3-4,10-16,22H2,1-2H3,(H,23,26). The maximum Gasteiger partial charge on any atom is 0.241 e. The Hall–Kier alpha value is -1.88. The number of nitrogens with zero attached hydrogens (tertiary/aromatic N) is 1. The second-order valence-corrected chi connectivity index (χ2v) is 7.39. The summed E-state index contributed by atoms with van der Waals surface area (Å²) in [5.74, 6) is 0.535. The fourth-order valence-electron chi connectivity index (χ4n) is 3.74. The number of hydrogen-bond donors (Lipinski definition) is 2. The predicted molar refractivity (Wildman–Crippen MR) is 105 cm³/mol. The maximum absolute atomic E-state index is 12.4. The number of benzene rings is 1. The van der Waals surface area contributed by atoms with Crippen molar-refractivity contribution in [3.8, 4) is 0 Å². The average Bonchev–Trinajstić information content (AvgIpc) is 2.69. The minimum absolute atomic E-state index is 0.00892. The molecule has 2 amide bonds. The van der Waals surface area contributed by atoms with E-state index < -0.39 is 5.41 Å². The number of piperidine rings is 1. The van der Waals surface area contributed by atoms with Crippen molar-refractivity contribution in [2.24, 2.45) is 17.1 Å². The number of rotatable bonds is 8. The van der Waals surface area contributed by atoms with Gasteiger partial charge in [0.2, 0.25) is 11.8 Å². The quantitative estimate of drug-likeness (QED) is 0.748. The lowest BCUT2D eigenvalue weighted by Gasteiger charge is -2.33. The van der Waals surface area contributed by atoms with Crippen molar-refractivity contribution in [3.05, 3.63) is 35.9 Å².